The van der Waals surface area contributed by atoms with Gasteiger partial charge in [0.05, 0.1) is 22.4 Å². The van der Waals surface area contributed by atoms with Crippen molar-refractivity contribution in [2.45, 2.75) is 19.9 Å². The predicted molar refractivity (Wildman–Crippen MR) is 81.4 cm³/mol. The minimum Gasteiger partial charge on any atom is -0.397 e. The number of hydrogen-bond acceptors (Lipinski definition) is 3. The largest absolute Gasteiger partial charge is 0.397 e. The van der Waals surface area contributed by atoms with Crippen molar-refractivity contribution in [1.82, 2.24) is 0 Å². The van der Waals surface area contributed by atoms with Crippen LogP contribution in [0.4, 0.5) is 11.4 Å². The maximum Gasteiger partial charge on any atom is 0.0768 e. The van der Waals surface area contributed by atoms with E-state index in [4.69, 9.17) is 17.3 Å². The van der Waals surface area contributed by atoms with Crippen molar-refractivity contribution in [1.29, 1.82) is 0 Å². The zero-order valence-corrected chi connectivity index (χ0v) is 12.1. The SMILES string of the molecule is CC(C)C(Nc1c(N)cccc1Cl)c1cccs1. The quantitative estimate of drug-likeness (QED) is 0.790. The molecule has 4 heteroatoms. The Balaban J connectivity index is 2.30. The summed E-state index contributed by atoms with van der Waals surface area (Å²) in [5, 5.41) is 6.22. The van der Waals surface area contributed by atoms with E-state index in [0.29, 0.717) is 16.6 Å². The molecule has 1 aromatic heterocycles. The molecular formula is C14H17ClN2S. The third kappa shape index (κ3) is 2.79. The summed E-state index contributed by atoms with van der Waals surface area (Å²) >= 11 is 7.94. The van der Waals surface area contributed by atoms with Gasteiger partial charge in [0.25, 0.3) is 0 Å². The molecule has 0 aliphatic rings. The molecule has 0 amide bonds. The Bertz CT molecular complexity index is 488. The van der Waals surface area contributed by atoms with Crippen LogP contribution in [0.1, 0.15) is 24.8 Å². The molecule has 2 aromatic rings. The number of benzene rings is 1. The lowest BCUT2D eigenvalue weighted by atomic mass is 10.0. The molecule has 0 aliphatic heterocycles. The summed E-state index contributed by atoms with van der Waals surface area (Å²) in [6, 6.07) is 10.00. The van der Waals surface area contributed by atoms with Crippen molar-refractivity contribution in [2.24, 2.45) is 5.92 Å². The average Bonchev–Trinajstić information content (AvgIpc) is 2.81. The van der Waals surface area contributed by atoms with Crippen molar-refractivity contribution >= 4 is 34.3 Å². The highest BCUT2D eigenvalue weighted by molar-refractivity contribution is 7.10. The number of nitrogens with one attached hydrogen (secondary N) is 1. The fraction of sp³-hybridized carbons (Fsp3) is 0.286. The maximum atomic E-state index is 6.20. The molecule has 0 spiro atoms. The number of hydrogen-bond donors (Lipinski definition) is 2. The summed E-state index contributed by atoms with van der Waals surface area (Å²) in [5.74, 6) is 0.458. The Hall–Kier alpha value is -1.19. The maximum absolute atomic E-state index is 6.20. The van der Waals surface area contributed by atoms with Crippen LogP contribution in [0.5, 0.6) is 0 Å². The topological polar surface area (TPSA) is 38.0 Å². The van der Waals surface area contributed by atoms with Crippen LogP contribution < -0.4 is 11.1 Å². The van der Waals surface area contributed by atoms with Crippen molar-refractivity contribution < 1.29 is 0 Å². The van der Waals surface area contributed by atoms with Gasteiger partial charge in [0.2, 0.25) is 0 Å². The number of anilines is 2. The zero-order valence-electron chi connectivity index (χ0n) is 10.5. The number of halogens is 1. The summed E-state index contributed by atoms with van der Waals surface area (Å²) in [7, 11) is 0. The first-order chi connectivity index (χ1) is 8.59. The van der Waals surface area contributed by atoms with Crippen LogP contribution in [0, 0.1) is 5.92 Å². The van der Waals surface area contributed by atoms with E-state index >= 15 is 0 Å². The molecule has 2 rings (SSSR count). The second kappa shape index (κ2) is 5.63. The number of para-hydroxylation sites is 1. The molecule has 0 aliphatic carbocycles. The van der Waals surface area contributed by atoms with Crippen molar-refractivity contribution in [3.8, 4) is 0 Å². The molecule has 1 aromatic carbocycles. The van der Waals surface area contributed by atoms with Gasteiger partial charge in [0, 0.05) is 4.88 Å². The molecule has 0 radical (unpaired) electrons. The third-order valence-corrected chi connectivity index (χ3v) is 4.13. The first-order valence-corrected chi connectivity index (χ1v) is 7.19. The third-order valence-electron chi connectivity index (χ3n) is 2.86. The summed E-state index contributed by atoms with van der Waals surface area (Å²) < 4.78 is 0. The van der Waals surface area contributed by atoms with Gasteiger partial charge in [-0.25, -0.2) is 0 Å². The summed E-state index contributed by atoms with van der Waals surface area (Å²) in [4.78, 5) is 1.30. The van der Waals surface area contributed by atoms with E-state index in [0.717, 1.165) is 5.69 Å². The van der Waals surface area contributed by atoms with Crippen LogP contribution in [0.25, 0.3) is 0 Å². The fourth-order valence-corrected chi connectivity index (χ4v) is 3.07. The smallest absolute Gasteiger partial charge is 0.0768 e. The van der Waals surface area contributed by atoms with Gasteiger partial charge in [-0.15, -0.1) is 11.3 Å². The number of nitrogen functional groups attached to an aromatic ring is 1. The molecule has 1 heterocycles. The normalized spacial score (nSPS) is 12.7. The molecule has 3 N–H and O–H groups in total. The van der Waals surface area contributed by atoms with Crippen LogP contribution >= 0.6 is 22.9 Å². The molecule has 1 atom stereocenters. The molecule has 0 saturated heterocycles. The van der Waals surface area contributed by atoms with Crippen LogP contribution in [0.2, 0.25) is 5.02 Å². The first-order valence-electron chi connectivity index (χ1n) is 5.93. The van der Waals surface area contributed by atoms with Gasteiger partial charge in [-0.2, -0.15) is 0 Å². The second-order valence-electron chi connectivity index (χ2n) is 4.59. The lowest BCUT2D eigenvalue weighted by Crippen LogP contribution is -2.16. The first kappa shape index (κ1) is 13.2. The summed E-state index contributed by atoms with van der Waals surface area (Å²) in [5.41, 5.74) is 7.49. The Kier molecular flexibility index (Phi) is 4.15. The van der Waals surface area contributed by atoms with E-state index in [1.165, 1.54) is 4.88 Å². The van der Waals surface area contributed by atoms with Gasteiger partial charge < -0.3 is 11.1 Å². The van der Waals surface area contributed by atoms with E-state index in [9.17, 15) is 0 Å². The van der Waals surface area contributed by atoms with Crippen LogP contribution in [-0.2, 0) is 0 Å². The van der Waals surface area contributed by atoms with E-state index in [1.54, 1.807) is 11.3 Å². The van der Waals surface area contributed by atoms with E-state index in [-0.39, 0.29) is 6.04 Å². The molecule has 18 heavy (non-hydrogen) atoms. The monoisotopic (exact) mass is 280 g/mol. The summed E-state index contributed by atoms with van der Waals surface area (Å²) in [6.45, 7) is 4.37. The molecule has 0 saturated carbocycles. The Morgan fingerprint density at radius 2 is 2.00 bits per heavy atom. The minimum atomic E-state index is 0.229. The van der Waals surface area contributed by atoms with Gasteiger partial charge in [-0.3, -0.25) is 0 Å². The van der Waals surface area contributed by atoms with Crippen LogP contribution in [-0.4, -0.2) is 0 Å². The Morgan fingerprint density at radius 1 is 1.22 bits per heavy atom. The highest BCUT2D eigenvalue weighted by atomic mass is 35.5. The number of nitrogens with two attached hydrogens (primary N) is 1. The van der Waals surface area contributed by atoms with Gasteiger partial charge in [0.15, 0.2) is 0 Å². The summed E-state index contributed by atoms with van der Waals surface area (Å²) in [6.07, 6.45) is 0. The second-order valence-corrected chi connectivity index (χ2v) is 5.97. The van der Waals surface area contributed by atoms with Crippen LogP contribution in [0.3, 0.4) is 0 Å². The lowest BCUT2D eigenvalue weighted by molar-refractivity contribution is 0.554. The molecule has 2 nitrogen and oxygen atoms in total. The van der Waals surface area contributed by atoms with E-state index in [2.05, 4.69) is 36.7 Å². The number of rotatable bonds is 4. The molecular weight excluding hydrogens is 264 g/mol. The van der Waals surface area contributed by atoms with Crippen molar-refractivity contribution in [3.63, 3.8) is 0 Å². The van der Waals surface area contributed by atoms with Crippen molar-refractivity contribution in [3.05, 3.63) is 45.6 Å². The fourth-order valence-electron chi connectivity index (χ4n) is 1.88. The Labute approximate surface area is 117 Å². The van der Waals surface area contributed by atoms with Crippen LogP contribution in [0.15, 0.2) is 35.7 Å². The standard InChI is InChI=1S/C14H17ClN2S/c1-9(2)13(12-7-4-8-18-12)17-14-10(15)5-3-6-11(14)16/h3-9,13,17H,16H2,1-2H3. The molecule has 96 valence electrons. The molecule has 0 bridgehead atoms. The molecule has 0 fully saturated rings. The van der Waals surface area contributed by atoms with Gasteiger partial charge in [-0.1, -0.05) is 37.6 Å². The van der Waals surface area contributed by atoms with Gasteiger partial charge in [0.1, 0.15) is 0 Å². The van der Waals surface area contributed by atoms with Gasteiger partial charge >= 0.3 is 0 Å². The molecule has 1 unspecified atom stereocenters. The number of thiophene rings is 1. The van der Waals surface area contributed by atoms with E-state index in [1.807, 2.05) is 18.2 Å². The zero-order chi connectivity index (χ0) is 13.1. The highest BCUT2D eigenvalue weighted by Crippen LogP contribution is 2.35. The Morgan fingerprint density at radius 3 is 2.56 bits per heavy atom. The van der Waals surface area contributed by atoms with Crippen molar-refractivity contribution in [2.75, 3.05) is 11.1 Å². The van der Waals surface area contributed by atoms with Gasteiger partial charge in [-0.05, 0) is 29.5 Å². The highest BCUT2D eigenvalue weighted by Gasteiger charge is 2.18. The minimum absolute atomic E-state index is 0.229. The van der Waals surface area contributed by atoms with E-state index < -0.39 is 0 Å². The predicted octanol–water partition coefficient (Wildman–Crippen LogP) is 4.79. The average molecular weight is 281 g/mol. The lowest BCUT2D eigenvalue weighted by Gasteiger charge is -2.24.